The van der Waals surface area contributed by atoms with Crippen molar-refractivity contribution in [3.8, 4) is 5.75 Å². The number of nitrogens with zero attached hydrogens (tertiary/aromatic N) is 2. The van der Waals surface area contributed by atoms with Gasteiger partial charge in [-0.1, -0.05) is 19.1 Å². The van der Waals surface area contributed by atoms with E-state index >= 15 is 0 Å². The van der Waals surface area contributed by atoms with Gasteiger partial charge in [-0.05, 0) is 56.3 Å². The van der Waals surface area contributed by atoms with Crippen molar-refractivity contribution in [2.45, 2.75) is 39.2 Å². The Morgan fingerprint density at radius 3 is 2.27 bits per heavy atom. The summed E-state index contributed by atoms with van der Waals surface area (Å²) in [5.74, 6) is 1.47. The van der Waals surface area contributed by atoms with Crippen LogP contribution in [0.25, 0.3) is 0 Å². The van der Waals surface area contributed by atoms with E-state index in [0.29, 0.717) is 25.0 Å². The fourth-order valence-corrected chi connectivity index (χ4v) is 4.48. The van der Waals surface area contributed by atoms with E-state index in [1.165, 1.54) is 11.8 Å². The molecule has 0 N–H and O–H groups in total. The van der Waals surface area contributed by atoms with Gasteiger partial charge in [0, 0.05) is 25.7 Å². The number of sulfonamides is 1. The predicted molar refractivity (Wildman–Crippen MR) is 110 cm³/mol. The summed E-state index contributed by atoms with van der Waals surface area (Å²) in [6, 6.07) is 8.76. The van der Waals surface area contributed by atoms with Crippen molar-refractivity contribution in [2.24, 2.45) is 5.92 Å². The first-order valence-corrected chi connectivity index (χ1v) is 11.0. The van der Waals surface area contributed by atoms with Crippen LogP contribution in [0.1, 0.15) is 32.3 Å². The van der Waals surface area contributed by atoms with Crippen molar-refractivity contribution >= 4 is 22.4 Å². The lowest BCUT2D eigenvalue weighted by Gasteiger charge is -2.36. The third-order valence-electron chi connectivity index (χ3n) is 5.25. The second-order valence-electron chi connectivity index (χ2n) is 7.09. The molecular weight excluding hydrogens is 372 g/mol. The second-order valence-corrected chi connectivity index (χ2v) is 9.08. The van der Waals surface area contributed by atoms with Gasteiger partial charge in [-0.15, -0.1) is 12.4 Å². The third kappa shape index (κ3) is 6.72. The molecule has 1 saturated heterocycles. The first-order valence-electron chi connectivity index (χ1n) is 9.15. The number of piperidine rings is 1. The lowest BCUT2D eigenvalue weighted by Crippen LogP contribution is -2.43. The van der Waals surface area contributed by atoms with E-state index in [2.05, 4.69) is 30.9 Å². The standard InChI is InChI=1S/C19H32N2O3S.ClH/c1-5-20(15-18-10-12-21(13-11-18)25(4,22)23)16(2)14-17-6-8-19(24-3)9-7-17;/h6-9,16,18H,5,10-15H2,1-4H3;1H. The summed E-state index contributed by atoms with van der Waals surface area (Å²) in [6.45, 7) is 7.87. The predicted octanol–water partition coefficient (Wildman–Crippen LogP) is 3.04. The van der Waals surface area contributed by atoms with Crippen LogP contribution in [0.3, 0.4) is 0 Å². The van der Waals surface area contributed by atoms with Gasteiger partial charge in [0.25, 0.3) is 0 Å². The molecule has 0 aliphatic carbocycles. The fourth-order valence-electron chi connectivity index (χ4n) is 3.61. The highest BCUT2D eigenvalue weighted by Gasteiger charge is 2.26. The summed E-state index contributed by atoms with van der Waals surface area (Å²) < 4.78 is 30.1. The van der Waals surface area contributed by atoms with Crippen LogP contribution in [0.15, 0.2) is 24.3 Å². The minimum Gasteiger partial charge on any atom is -0.497 e. The molecule has 1 fully saturated rings. The maximum absolute atomic E-state index is 11.6. The van der Waals surface area contributed by atoms with Crippen molar-refractivity contribution in [1.82, 2.24) is 9.21 Å². The first-order chi connectivity index (χ1) is 11.8. The molecule has 2 rings (SSSR count). The highest BCUT2D eigenvalue weighted by molar-refractivity contribution is 7.88. The molecule has 1 unspecified atom stereocenters. The summed E-state index contributed by atoms with van der Waals surface area (Å²) >= 11 is 0. The van der Waals surface area contributed by atoms with E-state index in [4.69, 9.17) is 4.74 Å². The molecule has 0 amide bonds. The summed E-state index contributed by atoms with van der Waals surface area (Å²) in [5, 5.41) is 0. The van der Waals surface area contributed by atoms with Gasteiger partial charge in [-0.2, -0.15) is 0 Å². The van der Waals surface area contributed by atoms with Crippen LogP contribution in [0.5, 0.6) is 5.75 Å². The van der Waals surface area contributed by atoms with E-state index in [9.17, 15) is 8.42 Å². The maximum Gasteiger partial charge on any atom is 0.211 e. The summed E-state index contributed by atoms with van der Waals surface area (Å²) in [7, 11) is -1.35. The van der Waals surface area contributed by atoms with Gasteiger partial charge in [0.1, 0.15) is 5.75 Å². The Hall–Kier alpha value is -0.820. The number of rotatable bonds is 8. The lowest BCUT2D eigenvalue weighted by atomic mass is 9.96. The average molecular weight is 405 g/mol. The molecule has 1 aliphatic rings. The van der Waals surface area contributed by atoms with Crippen molar-refractivity contribution < 1.29 is 13.2 Å². The van der Waals surface area contributed by atoms with Crippen LogP contribution >= 0.6 is 12.4 Å². The molecule has 26 heavy (non-hydrogen) atoms. The van der Waals surface area contributed by atoms with Gasteiger partial charge >= 0.3 is 0 Å². The maximum atomic E-state index is 11.6. The summed E-state index contributed by atoms with van der Waals surface area (Å²) in [4.78, 5) is 2.52. The SMILES string of the molecule is CCN(CC1CCN(S(C)(=O)=O)CC1)C(C)Cc1ccc(OC)cc1.Cl. The molecule has 7 heteroatoms. The Morgan fingerprint density at radius 1 is 1.23 bits per heavy atom. The van der Waals surface area contributed by atoms with Gasteiger partial charge in [0.15, 0.2) is 0 Å². The van der Waals surface area contributed by atoms with Crippen LogP contribution < -0.4 is 4.74 Å². The van der Waals surface area contributed by atoms with E-state index in [1.807, 2.05) is 12.1 Å². The van der Waals surface area contributed by atoms with Gasteiger partial charge in [-0.25, -0.2) is 12.7 Å². The van der Waals surface area contributed by atoms with Crippen molar-refractivity contribution in [2.75, 3.05) is 39.5 Å². The number of hydrogen-bond acceptors (Lipinski definition) is 4. The minimum atomic E-state index is -3.04. The van der Waals surface area contributed by atoms with E-state index < -0.39 is 10.0 Å². The Kier molecular flexibility index (Phi) is 9.38. The van der Waals surface area contributed by atoms with Gasteiger partial charge in [-0.3, -0.25) is 0 Å². The van der Waals surface area contributed by atoms with E-state index in [0.717, 1.165) is 38.1 Å². The van der Waals surface area contributed by atoms with E-state index in [-0.39, 0.29) is 12.4 Å². The topological polar surface area (TPSA) is 49.9 Å². The monoisotopic (exact) mass is 404 g/mol. The Bertz CT molecular complexity index is 629. The van der Waals surface area contributed by atoms with Crippen LogP contribution in [0.2, 0.25) is 0 Å². The van der Waals surface area contributed by atoms with Crippen LogP contribution in [-0.4, -0.2) is 63.2 Å². The molecule has 1 heterocycles. The first kappa shape index (κ1) is 23.2. The average Bonchev–Trinajstić information content (AvgIpc) is 2.60. The molecule has 0 radical (unpaired) electrons. The molecule has 0 spiro atoms. The highest BCUT2D eigenvalue weighted by Crippen LogP contribution is 2.22. The van der Waals surface area contributed by atoms with Gasteiger partial charge in [0.2, 0.25) is 10.0 Å². The molecule has 1 atom stereocenters. The number of methoxy groups -OCH3 is 1. The van der Waals surface area contributed by atoms with Gasteiger partial charge < -0.3 is 9.64 Å². The zero-order valence-electron chi connectivity index (χ0n) is 16.3. The van der Waals surface area contributed by atoms with Crippen LogP contribution in [-0.2, 0) is 16.4 Å². The number of hydrogen-bond donors (Lipinski definition) is 0. The third-order valence-corrected chi connectivity index (χ3v) is 6.56. The van der Waals surface area contributed by atoms with Gasteiger partial charge in [0.05, 0.1) is 13.4 Å². The molecule has 1 aliphatic heterocycles. The molecule has 0 aromatic heterocycles. The quantitative estimate of drug-likeness (QED) is 0.668. The highest BCUT2D eigenvalue weighted by atomic mass is 35.5. The second kappa shape index (κ2) is 10.5. The Balaban J connectivity index is 0.00000338. The Morgan fingerprint density at radius 2 is 1.81 bits per heavy atom. The van der Waals surface area contributed by atoms with E-state index in [1.54, 1.807) is 11.4 Å². The van der Waals surface area contributed by atoms with Crippen LogP contribution in [0, 0.1) is 5.92 Å². The summed E-state index contributed by atoms with van der Waals surface area (Å²) in [6.07, 6.45) is 4.24. The van der Waals surface area contributed by atoms with Crippen molar-refractivity contribution in [1.29, 1.82) is 0 Å². The number of likely N-dealkylation sites (N-methyl/N-ethyl adjacent to an activating group) is 1. The molecule has 150 valence electrons. The van der Waals surface area contributed by atoms with Crippen molar-refractivity contribution in [3.63, 3.8) is 0 Å². The van der Waals surface area contributed by atoms with Crippen molar-refractivity contribution in [3.05, 3.63) is 29.8 Å². The molecular formula is C19H33ClN2O3S. The molecule has 0 bridgehead atoms. The zero-order chi connectivity index (χ0) is 18.4. The van der Waals surface area contributed by atoms with Crippen LogP contribution in [0.4, 0.5) is 0 Å². The number of ether oxygens (including phenoxy) is 1. The largest absolute Gasteiger partial charge is 0.497 e. The lowest BCUT2D eigenvalue weighted by molar-refractivity contribution is 0.152. The zero-order valence-corrected chi connectivity index (χ0v) is 18.0. The number of halogens is 1. The fraction of sp³-hybridized carbons (Fsp3) is 0.684. The normalized spacial score (nSPS) is 17.7. The Labute approximate surface area is 165 Å². The molecule has 1 aromatic rings. The molecule has 5 nitrogen and oxygen atoms in total. The molecule has 0 saturated carbocycles. The summed E-state index contributed by atoms with van der Waals surface area (Å²) in [5.41, 5.74) is 1.32. The minimum absolute atomic E-state index is 0. The molecule has 1 aromatic carbocycles. The smallest absolute Gasteiger partial charge is 0.211 e. The number of benzene rings is 1.